The number of hydrogen-bond acceptors (Lipinski definition) is 4. The number of benzene rings is 1. The Morgan fingerprint density at radius 1 is 1.50 bits per heavy atom. The lowest BCUT2D eigenvalue weighted by atomic mass is 10.1. The lowest BCUT2D eigenvalue weighted by Crippen LogP contribution is -2.18. The Bertz CT molecular complexity index is 396. The molecule has 1 rings (SSSR count). The summed E-state index contributed by atoms with van der Waals surface area (Å²) < 4.78 is 10.4. The molecule has 0 fully saturated rings. The van der Waals surface area contributed by atoms with E-state index in [1.807, 2.05) is 6.92 Å². The number of carboxylic acid groups (broad SMARTS) is 1. The van der Waals surface area contributed by atoms with Crippen LogP contribution in [0.5, 0.6) is 11.5 Å². The molecular weight excluding hydrogens is 208 g/mol. The maximum Gasteiger partial charge on any atom is 0.130 e. The van der Waals surface area contributed by atoms with Gasteiger partial charge in [0.15, 0.2) is 0 Å². The molecule has 0 saturated heterocycles. The fourth-order valence-corrected chi connectivity index (χ4v) is 1.22. The van der Waals surface area contributed by atoms with Crippen LogP contribution in [0.2, 0.25) is 0 Å². The molecular formula is C12H13O4-. The molecule has 0 unspecified atom stereocenters. The van der Waals surface area contributed by atoms with Gasteiger partial charge in [0.05, 0.1) is 19.7 Å². The molecule has 0 amide bonds. The molecule has 0 aliphatic heterocycles. The van der Waals surface area contributed by atoms with Crippen LogP contribution in [0, 0.1) is 0 Å². The smallest absolute Gasteiger partial charge is 0.130 e. The van der Waals surface area contributed by atoms with Gasteiger partial charge in [-0.2, -0.15) is 0 Å². The summed E-state index contributed by atoms with van der Waals surface area (Å²) in [6.45, 7) is 2.35. The van der Waals surface area contributed by atoms with E-state index in [0.29, 0.717) is 23.7 Å². The van der Waals surface area contributed by atoms with Gasteiger partial charge in [-0.1, -0.05) is 0 Å². The van der Waals surface area contributed by atoms with Crippen molar-refractivity contribution in [3.63, 3.8) is 0 Å². The second-order valence-corrected chi connectivity index (χ2v) is 2.99. The highest BCUT2D eigenvalue weighted by atomic mass is 16.5. The first-order valence-electron chi connectivity index (χ1n) is 4.87. The summed E-state index contributed by atoms with van der Waals surface area (Å²) in [5, 5.41) is 10.3. The van der Waals surface area contributed by atoms with Gasteiger partial charge in [-0.25, -0.2) is 0 Å². The number of carboxylic acids is 1. The summed E-state index contributed by atoms with van der Waals surface area (Å²) in [7, 11) is 1.56. The number of carbonyl (C=O) groups is 1. The van der Waals surface area contributed by atoms with Crippen LogP contribution in [-0.4, -0.2) is 19.7 Å². The molecule has 4 heteroatoms. The van der Waals surface area contributed by atoms with E-state index in [0.717, 1.165) is 6.08 Å². The van der Waals surface area contributed by atoms with Crippen molar-refractivity contribution in [3.05, 3.63) is 29.8 Å². The Labute approximate surface area is 94.1 Å². The number of hydrogen-bond donors (Lipinski definition) is 0. The molecule has 0 radical (unpaired) electrons. The lowest BCUT2D eigenvalue weighted by molar-refractivity contribution is -0.297. The van der Waals surface area contributed by atoms with Gasteiger partial charge in [-0.15, -0.1) is 0 Å². The van der Waals surface area contributed by atoms with E-state index in [1.54, 1.807) is 25.3 Å². The van der Waals surface area contributed by atoms with Crippen LogP contribution < -0.4 is 14.6 Å². The molecule has 1 aromatic rings. The number of ether oxygens (including phenoxy) is 2. The van der Waals surface area contributed by atoms with E-state index in [-0.39, 0.29) is 0 Å². The highest BCUT2D eigenvalue weighted by molar-refractivity contribution is 5.84. The molecule has 0 bridgehead atoms. The van der Waals surface area contributed by atoms with Crippen molar-refractivity contribution >= 4 is 12.0 Å². The Morgan fingerprint density at radius 2 is 2.25 bits per heavy atom. The Kier molecular flexibility index (Phi) is 4.39. The van der Waals surface area contributed by atoms with Crippen LogP contribution in [-0.2, 0) is 4.79 Å². The standard InChI is InChI=1S/C12H14O4/c1-3-16-11-8-10(15-2)6-4-9(11)5-7-12(13)14/h4-8H,3H2,1-2H3,(H,13,14)/p-1/b7-5+. The van der Waals surface area contributed by atoms with Gasteiger partial charge in [0, 0.05) is 11.6 Å². The highest BCUT2D eigenvalue weighted by Gasteiger charge is 2.02. The van der Waals surface area contributed by atoms with Crippen molar-refractivity contribution in [2.75, 3.05) is 13.7 Å². The van der Waals surface area contributed by atoms with Gasteiger partial charge < -0.3 is 19.4 Å². The Balaban J connectivity index is 3.02. The van der Waals surface area contributed by atoms with E-state index in [1.165, 1.54) is 6.08 Å². The molecule has 0 spiro atoms. The summed E-state index contributed by atoms with van der Waals surface area (Å²) >= 11 is 0. The molecule has 16 heavy (non-hydrogen) atoms. The summed E-state index contributed by atoms with van der Waals surface area (Å²) in [5.74, 6) is 0.00617. The molecule has 0 atom stereocenters. The predicted molar refractivity (Wildman–Crippen MR) is 58.2 cm³/mol. The highest BCUT2D eigenvalue weighted by Crippen LogP contribution is 2.25. The first-order valence-corrected chi connectivity index (χ1v) is 4.87. The van der Waals surface area contributed by atoms with Gasteiger partial charge in [-0.3, -0.25) is 0 Å². The predicted octanol–water partition coefficient (Wildman–Crippen LogP) is 0.857. The second-order valence-electron chi connectivity index (χ2n) is 2.99. The maximum absolute atomic E-state index is 10.3. The molecule has 0 aliphatic carbocycles. The summed E-state index contributed by atoms with van der Waals surface area (Å²) in [5.41, 5.74) is 0.673. The van der Waals surface area contributed by atoms with Crippen LogP contribution in [0.4, 0.5) is 0 Å². The van der Waals surface area contributed by atoms with Crippen molar-refractivity contribution in [1.29, 1.82) is 0 Å². The Hall–Kier alpha value is -1.97. The van der Waals surface area contributed by atoms with Crippen LogP contribution >= 0.6 is 0 Å². The zero-order valence-electron chi connectivity index (χ0n) is 9.23. The van der Waals surface area contributed by atoms with Crippen molar-refractivity contribution < 1.29 is 19.4 Å². The average Bonchev–Trinajstić information content (AvgIpc) is 2.27. The molecule has 4 nitrogen and oxygen atoms in total. The molecule has 0 heterocycles. The molecule has 0 aliphatic rings. The minimum Gasteiger partial charge on any atom is -0.545 e. The number of rotatable bonds is 5. The van der Waals surface area contributed by atoms with E-state index in [9.17, 15) is 9.90 Å². The first kappa shape index (κ1) is 12.1. The first-order chi connectivity index (χ1) is 7.67. The van der Waals surface area contributed by atoms with Gasteiger partial charge in [0.2, 0.25) is 0 Å². The van der Waals surface area contributed by atoms with E-state index < -0.39 is 5.97 Å². The largest absolute Gasteiger partial charge is 0.545 e. The Morgan fingerprint density at radius 3 is 2.81 bits per heavy atom. The summed E-state index contributed by atoms with van der Waals surface area (Å²) in [6.07, 6.45) is 2.39. The minimum absolute atomic E-state index is 0.499. The van der Waals surface area contributed by atoms with Crippen molar-refractivity contribution in [1.82, 2.24) is 0 Å². The summed E-state index contributed by atoms with van der Waals surface area (Å²) in [4.78, 5) is 10.3. The summed E-state index contributed by atoms with van der Waals surface area (Å²) in [6, 6.07) is 5.17. The van der Waals surface area contributed by atoms with E-state index in [4.69, 9.17) is 9.47 Å². The van der Waals surface area contributed by atoms with E-state index >= 15 is 0 Å². The van der Waals surface area contributed by atoms with Crippen molar-refractivity contribution in [3.8, 4) is 11.5 Å². The molecule has 1 aromatic carbocycles. The second kappa shape index (κ2) is 5.80. The number of methoxy groups -OCH3 is 1. The van der Waals surface area contributed by atoms with Crippen LogP contribution in [0.3, 0.4) is 0 Å². The molecule has 86 valence electrons. The molecule has 0 N–H and O–H groups in total. The zero-order valence-corrected chi connectivity index (χ0v) is 9.23. The number of aliphatic carboxylic acids is 1. The van der Waals surface area contributed by atoms with Crippen LogP contribution in [0.1, 0.15) is 12.5 Å². The monoisotopic (exact) mass is 221 g/mol. The topological polar surface area (TPSA) is 58.6 Å². The maximum atomic E-state index is 10.3. The van der Waals surface area contributed by atoms with Crippen molar-refractivity contribution in [2.24, 2.45) is 0 Å². The third-order valence-corrected chi connectivity index (χ3v) is 1.92. The van der Waals surface area contributed by atoms with Gasteiger partial charge >= 0.3 is 0 Å². The van der Waals surface area contributed by atoms with Crippen molar-refractivity contribution in [2.45, 2.75) is 6.92 Å². The zero-order chi connectivity index (χ0) is 12.0. The quantitative estimate of drug-likeness (QED) is 0.692. The molecule has 0 saturated carbocycles. The van der Waals surface area contributed by atoms with Crippen LogP contribution in [0.25, 0.3) is 6.08 Å². The lowest BCUT2D eigenvalue weighted by Gasteiger charge is -2.09. The fourth-order valence-electron chi connectivity index (χ4n) is 1.22. The molecule has 0 aromatic heterocycles. The van der Waals surface area contributed by atoms with E-state index in [2.05, 4.69) is 0 Å². The minimum atomic E-state index is -1.24. The van der Waals surface area contributed by atoms with Gasteiger partial charge in [-0.05, 0) is 31.2 Å². The third-order valence-electron chi connectivity index (χ3n) is 1.92. The third kappa shape index (κ3) is 3.31. The average molecular weight is 221 g/mol. The normalized spacial score (nSPS) is 10.4. The van der Waals surface area contributed by atoms with Gasteiger partial charge in [0.25, 0.3) is 0 Å². The fraction of sp³-hybridized carbons (Fsp3) is 0.250. The van der Waals surface area contributed by atoms with Crippen LogP contribution in [0.15, 0.2) is 24.3 Å². The number of carbonyl (C=O) groups excluding carboxylic acids is 1. The SMILES string of the molecule is CCOc1cc(OC)ccc1/C=C/C(=O)[O-]. The van der Waals surface area contributed by atoms with Gasteiger partial charge in [0.1, 0.15) is 11.5 Å².